The number of fused-ring (bicyclic) bond motifs is 1. The second-order valence-electron chi connectivity index (χ2n) is 7.08. The first-order valence-corrected chi connectivity index (χ1v) is 8.95. The molecule has 0 bridgehead atoms. The Morgan fingerprint density at radius 3 is 2.76 bits per heavy atom. The van der Waals surface area contributed by atoms with Gasteiger partial charge in [0, 0.05) is 11.4 Å². The molecule has 2 aromatic rings. The van der Waals surface area contributed by atoms with E-state index in [0.717, 1.165) is 18.2 Å². The van der Waals surface area contributed by atoms with E-state index in [0.29, 0.717) is 17.4 Å². The molecular weight excluding hydrogens is 318 g/mol. The molecule has 1 amide bonds. The van der Waals surface area contributed by atoms with E-state index >= 15 is 0 Å². The Morgan fingerprint density at radius 1 is 1.24 bits per heavy atom. The molecule has 0 saturated heterocycles. The number of furan rings is 1. The third-order valence-corrected chi connectivity index (χ3v) is 5.31. The molecular formula is C20H25NO4. The molecule has 1 aliphatic carbocycles. The first-order valence-electron chi connectivity index (χ1n) is 8.95. The van der Waals surface area contributed by atoms with Gasteiger partial charge in [0.15, 0.2) is 6.10 Å². The van der Waals surface area contributed by atoms with Crippen LogP contribution in [-0.4, -0.2) is 24.0 Å². The van der Waals surface area contributed by atoms with Crippen LogP contribution in [0, 0.1) is 11.8 Å². The van der Waals surface area contributed by atoms with Gasteiger partial charge in [-0.15, -0.1) is 0 Å². The fourth-order valence-electron chi connectivity index (χ4n) is 3.44. The van der Waals surface area contributed by atoms with Gasteiger partial charge in [-0.3, -0.25) is 4.79 Å². The van der Waals surface area contributed by atoms with Crippen LogP contribution in [0.5, 0.6) is 0 Å². The van der Waals surface area contributed by atoms with Crippen molar-refractivity contribution < 1.29 is 18.7 Å². The van der Waals surface area contributed by atoms with Crippen molar-refractivity contribution in [1.82, 2.24) is 5.32 Å². The van der Waals surface area contributed by atoms with E-state index in [4.69, 9.17) is 9.15 Å². The fraction of sp³-hybridized carbons (Fsp3) is 0.500. The van der Waals surface area contributed by atoms with Gasteiger partial charge in [-0.2, -0.15) is 0 Å². The number of ether oxygens (including phenoxy) is 1. The second-order valence-corrected chi connectivity index (χ2v) is 7.08. The number of rotatable bonds is 4. The molecule has 1 aliphatic rings. The predicted molar refractivity (Wildman–Crippen MR) is 95.2 cm³/mol. The largest absolute Gasteiger partial charge is 0.449 e. The van der Waals surface area contributed by atoms with Gasteiger partial charge in [-0.1, -0.05) is 44.9 Å². The molecule has 1 heterocycles. The lowest BCUT2D eigenvalue weighted by molar-refractivity contribution is -0.130. The van der Waals surface area contributed by atoms with Crippen molar-refractivity contribution in [2.75, 3.05) is 0 Å². The maximum Gasteiger partial charge on any atom is 0.375 e. The first-order chi connectivity index (χ1) is 12.0. The maximum atomic E-state index is 12.4. The lowest BCUT2D eigenvalue weighted by Gasteiger charge is -2.35. The highest BCUT2D eigenvalue weighted by molar-refractivity contribution is 5.94. The summed E-state index contributed by atoms with van der Waals surface area (Å²) in [4.78, 5) is 24.6. The molecule has 1 aromatic carbocycles. The van der Waals surface area contributed by atoms with Gasteiger partial charge in [0.05, 0.1) is 0 Å². The smallest absolute Gasteiger partial charge is 0.375 e. The van der Waals surface area contributed by atoms with Crippen LogP contribution in [0.4, 0.5) is 0 Å². The Balaban J connectivity index is 1.59. The maximum absolute atomic E-state index is 12.4. The van der Waals surface area contributed by atoms with Crippen molar-refractivity contribution in [1.29, 1.82) is 0 Å². The Morgan fingerprint density at radius 2 is 2.00 bits per heavy atom. The van der Waals surface area contributed by atoms with Gasteiger partial charge in [-0.25, -0.2) is 4.79 Å². The molecule has 5 heteroatoms. The quantitative estimate of drug-likeness (QED) is 0.854. The average molecular weight is 343 g/mol. The molecule has 1 aromatic heterocycles. The van der Waals surface area contributed by atoms with E-state index in [-0.39, 0.29) is 17.7 Å². The number of hydrogen-bond acceptors (Lipinski definition) is 4. The Kier molecular flexibility index (Phi) is 5.11. The number of nitrogens with one attached hydrogen (secondary N) is 1. The molecule has 5 nitrogen and oxygen atoms in total. The zero-order chi connectivity index (χ0) is 18.0. The number of carbonyl (C=O) groups excluding carboxylic acids is 2. The summed E-state index contributed by atoms with van der Waals surface area (Å²) in [6.45, 7) is 5.97. The summed E-state index contributed by atoms with van der Waals surface area (Å²) >= 11 is 0. The summed E-state index contributed by atoms with van der Waals surface area (Å²) in [5.41, 5.74) is 0.622. The summed E-state index contributed by atoms with van der Waals surface area (Å²) in [6.07, 6.45) is 2.43. The minimum absolute atomic E-state index is 0.112. The van der Waals surface area contributed by atoms with E-state index in [1.54, 1.807) is 19.1 Å². The van der Waals surface area contributed by atoms with Crippen LogP contribution in [0.25, 0.3) is 11.0 Å². The van der Waals surface area contributed by atoms with E-state index < -0.39 is 12.1 Å². The van der Waals surface area contributed by atoms with Crippen molar-refractivity contribution in [2.45, 2.75) is 52.2 Å². The highest BCUT2D eigenvalue weighted by Crippen LogP contribution is 2.29. The van der Waals surface area contributed by atoms with E-state index in [1.165, 1.54) is 6.42 Å². The van der Waals surface area contributed by atoms with E-state index in [1.807, 2.05) is 18.2 Å². The number of hydrogen-bond donors (Lipinski definition) is 1. The van der Waals surface area contributed by atoms with Crippen molar-refractivity contribution in [3.63, 3.8) is 0 Å². The Labute approximate surface area is 147 Å². The SMILES string of the molecule is C[C@@H]1[C@H](C)CCC[C@H]1NC(=O)[C@@H](C)OC(=O)c1cc2ccccc2o1. The number of esters is 1. The Hall–Kier alpha value is -2.30. The van der Waals surface area contributed by atoms with Crippen molar-refractivity contribution in [3.05, 3.63) is 36.1 Å². The second kappa shape index (κ2) is 7.30. The zero-order valence-electron chi connectivity index (χ0n) is 15.0. The molecule has 0 radical (unpaired) electrons. The molecule has 0 spiro atoms. The highest BCUT2D eigenvalue weighted by atomic mass is 16.6. The number of carbonyl (C=O) groups is 2. The summed E-state index contributed by atoms with van der Waals surface area (Å²) in [7, 11) is 0. The molecule has 1 saturated carbocycles. The van der Waals surface area contributed by atoms with Crippen LogP contribution in [0.1, 0.15) is 50.6 Å². The van der Waals surface area contributed by atoms with Crippen LogP contribution in [0.2, 0.25) is 0 Å². The molecule has 1 N–H and O–H groups in total. The molecule has 0 aliphatic heterocycles. The van der Waals surface area contributed by atoms with Crippen LogP contribution < -0.4 is 5.32 Å². The topological polar surface area (TPSA) is 68.5 Å². The average Bonchev–Trinajstić information content (AvgIpc) is 3.03. The lowest BCUT2D eigenvalue weighted by atomic mass is 9.78. The number of amides is 1. The van der Waals surface area contributed by atoms with Crippen molar-refractivity contribution in [3.8, 4) is 0 Å². The molecule has 0 unspecified atom stereocenters. The van der Waals surface area contributed by atoms with Gasteiger partial charge in [-0.05, 0) is 37.3 Å². The van der Waals surface area contributed by atoms with E-state index in [9.17, 15) is 9.59 Å². The number of benzene rings is 1. The molecule has 25 heavy (non-hydrogen) atoms. The van der Waals surface area contributed by atoms with Crippen molar-refractivity contribution >= 4 is 22.8 Å². The van der Waals surface area contributed by atoms with Gasteiger partial charge >= 0.3 is 5.97 Å². The third-order valence-electron chi connectivity index (χ3n) is 5.31. The summed E-state index contributed by atoms with van der Waals surface area (Å²) in [5, 5.41) is 3.87. The highest BCUT2D eigenvalue weighted by Gasteiger charge is 2.30. The number of para-hydroxylation sites is 1. The summed E-state index contributed by atoms with van der Waals surface area (Å²) < 4.78 is 10.8. The van der Waals surface area contributed by atoms with Crippen LogP contribution in [0.15, 0.2) is 34.7 Å². The monoisotopic (exact) mass is 343 g/mol. The predicted octanol–water partition coefficient (Wildman–Crippen LogP) is 3.92. The van der Waals surface area contributed by atoms with Gasteiger partial charge in [0.25, 0.3) is 5.91 Å². The van der Waals surface area contributed by atoms with Gasteiger partial charge in [0.2, 0.25) is 5.76 Å². The molecule has 134 valence electrons. The van der Waals surface area contributed by atoms with Gasteiger partial charge in [0.1, 0.15) is 5.58 Å². The molecule has 3 rings (SSSR count). The fourth-order valence-corrected chi connectivity index (χ4v) is 3.44. The van der Waals surface area contributed by atoms with Crippen LogP contribution in [0.3, 0.4) is 0 Å². The van der Waals surface area contributed by atoms with Crippen LogP contribution in [-0.2, 0) is 9.53 Å². The summed E-state index contributed by atoms with van der Waals surface area (Å²) in [6, 6.07) is 9.13. The first kappa shape index (κ1) is 17.5. The third kappa shape index (κ3) is 3.86. The molecule has 1 fully saturated rings. The van der Waals surface area contributed by atoms with Crippen LogP contribution >= 0.6 is 0 Å². The van der Waals surface area contributed by atoms with E-state index in [2.05, 4.69) is 19.2 Å². The minimum Gasteiger partial charge on any atom is -0.449 e. The standard InChI is InChI=1S/C20H25NO4/c1-12-7-6-9-16(13(12)2)21-19(22)14(3)24-20(23)18-11-15-8-4-5-10-17(15)25-18/h4-5,8,10-14,16H,6-7,9H2,1-3H3,(H,21,22)/t12-,13-,14-,16-/m1/s1. The zero-order valence-corrected chi connectivity index (χ0v) is 15.0. The van der Waals surface area contributed by atoms with Gasteiger partial charge < -0.3 is 14.5 Å². The minimum atomic E-state index is -0.856. The Bertz CT molecular complexity index is 733. The summed E-state index contributed by atoms with van der Waals surface area (Å²) in [5.74, 6) is 0.253. The lowest BCUT2D eigenvalue weighted by Crippen LogP contribution is -2.47. The molecule has 4 atom stereocenters. The van der Waals surface area contributed by atoms with Crippen molar-refractivity contribution in [2.24, 2.45) is 11.8 Å². The normalized spacial score (nSPS) is 24.7.